The lowest BCUT2D eigenvalue weighted by atomic mass is 10.0. The molecule has 4 unspecified atom stereocenters. The fraction of sp³-hybridized carbons (Fsp3) is 0.667. The van der Waals surface area contributed by atoms with Crippen LogP contribution in [0, 0.1) is 5.92 Å². The summed E-state index contributed by atoms with van der Waals surface area (Å²) in [4.78, 5) is 63.2. The molecule has 0 rings (SSSR count). The predicted octanol–water partition coefficient (Wildman–Crippen LogP) is -3.03. The van der Waals surface area contributed by atoms with Crippen LogP contribution in [0.2, 0.25) is 0 Å². The maximum absolute atomic E-state index is 12.7. The number of carboxylic acid groups (broad SMARTS) is 2. The minimum Gasteiger partial charge on any atom is -0.481 e. The Hall–Kier alpha value is -3.07. The summed E-state index contributed by atoms with van der Waals surface area (Å²) in [5.41, 5.74) is 16.3. The third-order valence-corrected chi connectivity index (χ3v) is 4.73. The smallest absolute Gasteiger partial charge is 0.326 e. The Balaban J connectivity index is 5.08. The zero-order chi connectivity index (χ0) is 25.7. The van der Waals surface area contributed by atoms with E-state index < -0.39 is 60.2 Å². The van der Waals surface area contributed by atoms with Crippen molar-refractivity contribution in [2.24, 2.45) is 28.1 Å². The molecule has 0 aliphatic carbocycles. The van der Waals surface area contributed by atoms with Crippen LogP contribution in [0.4, 0.5) is 0 Å². The Bertz CT molecular complexity index is 744. The average Bonchev–Trinajstić information content (AvgIpc) is 2.71. The minimum atomic E-state index is -1.69. The van der Waals surface area contributed by atoms with Gasteiger partial charge in [-0.05, 0) is 18.8 Å². The van der Waals surface area contributed by atoms with Crippen LogP contribution in [-0.4, -0.2) is 82.3 Å². The van der Waals surface area contributed by atoms with Crippen LogP contribution in [-0.2, 0) is 24.0 Å². The summed E-state index contributed by atoms with van der Waals surface area (Å²) in [6.07, 6.45) is -0.148. The van der Waals surface area contributed by atoms with Crippen molar-refractivity contribution < 1.29 is 34.2 Å². The monoisotopic (exact) mass is 491 g/mol. The molecule has 188 valence electrons. The highest BCUT2D eigenvalue weighted by Gasteiger charge is 2.31. The molecule has 0 aromatic heterocycles. The van der Waals surface area contributed by atoms with E-state index in [2.05, 4.69) is 28.3 Å². The fourth-order valence-electron chi connectivity index (χ4n) is 2.55. The first-order valence-electron chi connectivity index (χ1n) is 10.1. The van der Waals surface area contributed by atoms with Crippen molar-refractivity contribution in [2.75, 3.05) is 12.3 Å². The molecule has 0 spiro atoms. The molecule has 0 saturated carbocycles. The number of thiol groups is 1. The summed E-state index contributed by atoms with van der Waals surface area (Å²) in [7, 11) is 0. The van der Waals surface area contributed by atoms with E-state index in [9.17, 15) is 24.0 Å². The predicted molar refractivity (Wildman–Crippen MR) is 122 cm³/mol. The Labute approximate surface area is 196 Å². The van der Waals surface area contributed by atoms with Gasteiger partial charge in [-0.2, -0.15) is 12.6 Å². The molecule has 0 aliphatic heterocycles. The summed E-state index contributed by atoms with van der Waals surface area (Å²) < 4.78 is 0. The van der Waals surface area contributed by atoms with Crippen molar-refractivity contribution in [3.8, 4) is 0 Å². The number of nitrogens with one attached hydrogen (secondary N) is 3. The van der Waals surface area contributed by atoms with E-state index >= 15 is 0 Å². The lowest BCUT2D eigenvalue weighted by Crippen LogP contribution is -2.59. The van der Waals surface area contributed by atoms with Gasteiger partial charge < -0.3 is 43.4 Å². The molecular formula is C18H33N7O7S. The summed E-state index contributed by atoms with van der Waals surface area (Å²) in [5, 5.41) is 24.8. The molecule has 15 heteroatoms. The molecular weight excluding hydrogens is 458 g/mol. The summed E-state index contributed by atoms with van der Waals surface area (Å²) in [6.45, 7) is 3.62. The van der Waals surface area contributed by atoms with Gasteiger partial charge in [0.2, 0.25) is 17.7 Å². The van der Waals surface area contributed by atoms with Crippen molar-refractivity contribution in [1.82, 2.24) is 16.0 Å². The fourth-order valence-corrected chi connectivity index (χ4v) is 2.81. The van der Waals surface area contributed by atoms with Crippen LogP contribution in [0.25, 0.3) is 0 Å². The lowest BCUT2D eigenvalue weighted by molar-refractivity contribution is -0.147. The second-order valence-corrected chi connectivity index (χ2v) is 7.89. The highest BCUT2D eigenvalue weighted by Crippen LogP contribution is 2.05. The number of guanidine groups is 1. The first-order chi connectivity index (χ1) is 15.3. The van der Waals surface area contributed by atoms with Crippen molar-refractivity contribution in [3.05, 3.63) is 0 Å². The second kappa shape index (κ2) is 14.9. The normalized spacial score (nSPS) is 14.3. The van der Waals surface area contributed by atoms with E-state index in [1.807, 2.05) is 5.32 Å². The number of rotatable bonds is 15. The number of aliphatic carboxylic acids is 2. The van der Waals surface area contributed by atoms with Crippen molar-refractivity contribution in [2.45, 2.75) is 57.3 Å². The number of carbonyl (C=O) groups excluding carboxylic acids is 3. The Kier molecular flexibility index (Phi) is 13.5. The molecule has 0 fully saturated rings. The van der Waals surface area contributed by atoms with Gasteiger partial charge in [0.1, 0.15) is 18.1 Å². The third kappa shape index (κ3) is 11.9. The molecule has 0 saturated heterocycles. The van der Waals surface area contributed by atoms with Gasteiger partial charge in [-0.3, -0.25) is 24.2 Å². The van der Waals surface area contributed by atoms with Crippen molar-refractivity contribution in [3.63, 3.8) is 0 Å². The van der Waals surface area contributed by atoms with E-state index in [1.165, 1.54) is 0 Å². The van der Waals surface area contributed by atoms with Crippen molar-refractivity contribution >= 4 is 48.2 Å². The van der Waals surface area contributed by atoms with Crippen LogP contribution in [0.15, 0.2) is 4.99 Å². The molecule has 0 aromatic carbocycles. The Morgan fingerprint density at radius 3 is 1.97 bits per heavy atom. The average molecular weight is 492 g/mol. The van der Waals surface area contributed by atoms with Gasteiger partial charge in [-0.1, -0.05) is 13.8 Å². The van der Waals surface area contributed by atoms with E-state index in [0.29, 0.717) is 6.42 Å². The molecule has 0 radical (unpaired) electrons. The van der Waals surface area contributed by atoms with Gasteiger partial charge in [0.15, 0.2) is 5.96 Å². The maximum atomic E-state index is 12.7. The van der Waals surface area contributed by atoms with E-state index in [-0.39, 0.29) is 30.6 Å². The molecule has 0 aliphatic rings. The highest BCUT2D eigenvalue weighted by atomic mass is 32.1. The molecule has 14 nitrogen and oxygen atoms in total. The number of aliphatic imine (C=N–C) groups is 1. The number of carboxylic acids is 2. The van der Waals surface area contributed by atoms with Crippen LogP contribution >= 0.6 is 12.6 Å². The van der Waals surface area contributed by atoms with E-state index in [4.69, 9.17) is 27.4 Å². The summed E-state index contributed by atoms with van der Waals surface area (Å²) >= 11 is 3.98. The van der Waals surface area contributed by atoms with Gasteiger partial charge in [-0.25, -0.2) is 4.79 Å². The number of carbonyl (C=O) groups is 5. The van der Waals surface area contributed by atoms with Crippen LogP contribution in [0.1, 0.15) is 33.1 Å². The van der Waals surface area contributed by atoms with Crippen molar-refractivity contribution in [1.29, 1.82) is 0 Å². The van der Waals surface area contributed by atoms with Gasteiger partial charge in [-0.15, -0.1) is 0 Å². The highest BCUT2D eigenvalue weighted by molar-refractivity contribution is 7.80. The Morgan fingerprint density at radius 2 is 1.52 bits per heavy atom. The van der Waals surface area contributed by atoms with E-state index in [1.54, 1.807) is 13.8 Å². The Morgan fingerprint density at radius 1 is 0.939 bits per heavy atom. The molecule has 0 bridgehead atoms. The number of nitrogens with zero attached hydrogens (tertiary/aromatic N) is 1. The molecule has 11 N–H and O–H groups in total. The summed E-state index contributed by atoms with van der Waals surface area (Å²) in [6, 6.07) is -4.94. The largest absolute Gasteiger partial charge is 0.481 e. The number of amides is 3. The number of nitrogens with two attached hydrogens (primary N) is 3. The van der Waals surface area contributed by atoms with E-state index in [0.717, 1.165) is 0 Å². The first-order valence-corrected chi connectivity index (χ1v) is 10.7. The molecule has 0 aromatic rings. The lowest BCUT2D eigenvalue weighted by Gasteiger charge is -2.26. The van der Waals surface area contributed by atoms with Crippen LogP contribution < -0.4 is 33.2 Å². The van der Waals surface area contributed by atoms with Gasteiger partial charge in [0, 0.05) is 12.3 Å². The van der Waals surface area contributed by atoms with Gasteiger partial charge in [0.05, 0.1) is 12.5 Å². The quantitative estimate of drug-likeness (QED) is 0.0484. The zero-order valence-electron chi connectivity index (χ0n) is 18.5. The first kappa shape index (κ1) is 29.9. The standard InChI is InChI=1S/C18H33N7O7S/c1-8(2)13(25-14(28)9(19)4-3-5-22-18(20)21)16(30)24-11(7-33)15(29)23-10(17(31)32)6-12(26)27/h8-11,13,33H,3-7,19H2,1-2H3,(H,23,29)(H,24,30)(H,25,28)(H,26,27)(H,31,32)(H4,20,21,22). The minimum absolute atomic E-state index is 0.0787. The van der Waals surface area contributed by atoms with Crippen LogP contribution in [0.5, 0.6) is 0 Å². The van der Waals surface area contributed by atoms with Gasteiger partial charge in [0.25, 0.3) is 0 Å². The number of hydrogen-bond acceptors (Lipinski definition) is 8. The maximum Gasteiger partial charge on any atom is 0.326 e. The van der Waals surface area contributed by atoms with Gasteiger partial charge >= 0.3 is 11.9 Å². The molecule has 4 atom stereocenters. The second-order valence-electron chi connectivity index (χ2n) is 7.53. The molecule has 3 amide bonds. The zero-order valence-corrected chi connectivity index (χ0v) is 19.4. The SMILES string of the molecule is CC(C)C(NC(=O)C(N)CCCN=C(N)N)C(=O)NC(CS)C(=O)NC(CC(=O)O)C(=O)O. The van der Waals surface area contributed by atoms with Crippen LogP contribution in [0.3, 0.4) is 0 Å². The topological polar surface area (TPSA) is 252 Å². The number of hydrogen-bond donors (Lipinski definition) is 9. The molecule has 33 heavy (non-hydrogen) atoms. The summed E-state index contributed by atoms with van der Waals surface area (Å²) in [5.74, 6) is -5.88. The third-order valence-electron chi connectivity index (χ3n) is 4.36. The molecule has 0 heterocycles.